The third-order valence-electron chi connectivity index (χ3n) is 3.21. The summed E-state index contributed by atoms with van der Waals surface area (Å²) < 4.78 is 0. The van der Waals surface area contributed by atoms with Gasteiger partial charge in [-0.05, 0) is 43.9 Å². The molecule has 1 amide bonds. The van der Waals surface area contributed by atoms with Gasteiger partial charge >= 0.3 is 0 Å². The van der Waals surface area contributed by atoms with E-state index in [1.165, 1.54) is 12.8 Å². The quantitative estimate of drug-likeness (QED) is 0.759. The Hall–Kier alpha value is -1.71. The van der Waals surface area contributed by atoms with E-state index >= 15 is 0 Å². The van der Waals surface area contributed by atoms with E-state index in [2.05, 4.69) is 11.8 Å². The minimum Gasteiger partial charge on any atom is -0.397 e. The number of rotatable bonds is 5. The zero-order valence-corrected chi connectivity index (χ0v) is 10.1. The lowest BCUT2D eigenvalue weighted by molar-refractivity contribution is 0.100. The molecule has 1 saturated carbocycles. The first-order valence-corrected chi connectivity index (χ1v) is 6.06. The summed E-state index contributed by atoms with van der Waals surface area (Å²) in [6.45, 7) is 4.00. The number of carbonyl (C=O) groups excluding carboxylic acids is 1. The molecule has 1 aromatic rings. The number of anilines is 2. The van der Waals surface area contributed by atoms with Gasteiger partial charge in [0.05, 0.1) is 11.4 Å². The van der Waals surface area contributed by atoms with E-state index in [0.29, 0.717) is 11.3 Å². The van der Waals surface area contributed by atoms with Gasteiger partial charge in [0.15, 0.2) is 0 Å². The fourth-order valence-electron chi connectivity index (χ4n) is 1.98. The van der Waals surface area contributed by atoms with E-state index in [1.807, 2.05) is 0 Å². The molecule has 0 aliphatic heterocycles. The van der Waals surface area contributed by atoms with Gasteiger partial charge in [-0.25, -0.2) is 0 Å². The van der Waals surface area contributed by atoms with Crippen LogP contribution in [0.5, 0.6) is 0 Å². The highest BCUT2D eigenvalue weighted by molar-refractivity contribution is 5.95. The van der Waals surface area contributed by atoms with E-state index in [-0.39, 0.29) is 0 Å². The zero-order chi connectivity index (χ0) is 12.4. The number of nitrogen functional groups attached to an aromatic ring is 1. The van der Waals surface area contributed by atoms with Gasteiger partial charge in [-0.15, -0.1) is 0 Å². The van der Waals surface area contributed by atoms with Gasteiger partial charge in [0.2, 0.25) is 5.91 Å². The molecule has 2 rings (SSSR count). The molecule has 0 saturated heterocycles. The van der Waals surface area contributed by atoms with Crippen molar-refractivity contribution in [1.82, 2.24) is 0 Å². The molecule has 0 radical (unpaired) electrons. The summed E-state index contributed by atoms with van der Waals surface area (Å²) in [5, 5.41) is 0. The third kappa shape index (κ3) is 2.70. The topological polar surface area (TPSA) is 72.3 Å². The summed E-state index contributed by atoms with van der Waals surface area (Å²) in [4.78, 5) is 13.4. The van der Waals surface area contributed by atoms with Crippen LogP contribution in [0, 0.1) is 5.92 Å². The average molecular weight is 233 g/mol. The van der Waals surface area contributed by atoms with Crippen molar-refractivity contribution in [3.05, 3.63) is 23.8 Å². The average Bonchev–Trinajstić information content (AvgIpc) is 3.10. The van der Waals surface area contributed by atoms with Crippen molar-refractivity contribution in [2.45, 2.75) is 19.8 Å². The maximum Gasteiger partial charge on any atom is 0.248 e. The standard InChI is InChI=1S/C13H19N3O/c1-2-16(8-9-3-4-9)12-7-10(13(15)17)5-6-11(12)14/h5-7,9H,2-4,8,14H2,1H3,(H2,15,17). The van der Waals surface area contributed by atoms with Gasteiger partial charge in [-0.3, -0.25) is 4.79 Å². The van der Waals surface area contributed by atoms with Crippen molar-refractivity contribution in [3.8, 4) is 0 Å². The molecule has 92 valence electrons. The summed E-state index contributed by atoms with van der Waals surface area (Å²) >= 11 is 0. The number of hydrogen-bond acceptors (Lipinski definition) is 3. The first kappa shape index (κ1) is 11.8. The number of carbonyl (C=O) groups is 1. The lowest BCUT2D eigenvalue weighted by atomic mass is 10.1. The highest BCUT2D eigenvalue weighted by Crippen LogP contribution is 2.33. The fourth-order valence-corrected chi connectivity index (χ4v) is 1.98. The lowest BCUT2D eigenvalue weighted by Crippen LogP contribution is -2.26. The third-order valence-corrected chi connectivity index (χ3v) is 3.21. The molecule has 0 heterocycles. The minimum atomic E-state index is -0.409. The number of nitrogens with zero attached hydrogens (tertiary/aromatic N) is 1. The van der Waals surface area contributed by atoms with E-state index in [9.17, 15) is 4.79 Å². The van der Waals surface area contributed by atoms with Crippen LogP contribution in [-0.2, 0) is 0 Å². The molecule has 0 bridgehead atoms. The second kappa shape index (κ2) is 4.65. The SMILES string of the molecule is CCN(CC1CC1)c1cc(C(N)=O)ccc1N. The summed E-state index contributed by atoms with van der Waals surface area (Å²) in [5.41, 5.74) is 13.4. The van der Waals surface area contributed by atoms with Crippen LogP contribution >= 0.6 is 0 Å². The van der Waals surface area contributed by atoms with Gasteiger partial charge in [-0.2, -0.15) is 0 Å². The van der Waals surface area contributed by atoms with Crippen molar-refractivity contribution in [3.63, 3.8) is 0 Å². The molecular formula is C13H19N3O. The van der Waals surface area contributed by atoms with Crippen LogP contribution in [0.1, 0.15) is 30.1 Å². The number of nitrogens with two attached hydrogens (primary N) is 2. The van der Waals surface area contributed by atoms with Crippen LogP contribution in [-0.4, -0.2) is 19.0 Å². The van der Waals surface area contributed by atoms with Gasteiger partial charge in [0.1, 0.15) is 0 Å². The maximum atomic E-state index is 11.2. The second-order valence-electron chi connectivity index (χ2n) is 4.62. The Balaban J connectivity index is 2.26. The molecule has 1 aromatic carbocycles. The van der Waals surface area contributed by atoms with Crippen LogP contribution in [0.25, 0.3) is 0 Å². The summed E-state index contributed by atoms with van der Waals surface area (Å²) in [6, 6.07) is 5.22. The first-order valence-electron chi connectivity index (χ1n) is 6.06. The number of benzene rings is 1. The summed E-state index contributed by atoms with van der Waals surface area (Å²) in [5.74, 6) is 0.375. The second-order valence-corrected chi connectivity index (χ2v) is 4.62. The molecule has 4 nitrogen and oxygen atoms in total. The summed E-state index contributed by atoms with van der Waals surface area (Å²) in [7, 11) is 0. The summed E-state index contributed by atoms with van der Waals surface area (Å²) in [6.07, 6.45) is 2.60. The van der Waals surface area contributed by atoms with Crippen LogP contribution in [0.2, 0.25) is 0 Å². The zero-order valence-electron chi connectivity index (χ0n) is 10.1. The van der Waals surface area contributed by atoms with Gasteiger partial charge in [0.25, 0.3) is 0 Å². The molecule has 4 heteroatoms. The normalized spacial score (nSPS) is 14.6. The van der Waals surface area contributed by atoms with Crippen LogP contribution in [0.15, 0.2) is 18.2 Å². The van der Waals surface area contributed by atoms with Crippen LogP contribution in [0.4, 0.5) is 11.4 Å². The van der Waals surface area contributed by atoms with Gasteiger partial charge < -0.3 is 16.4 Å². The molecule has 4 N–H and O–H groups in total. The smallest absolute Gasteiger partial charge is 0.248 e. The first-order chi connectivity index (χ1) is 8.11. The molecule has 17 heavy (non-hydrogen) atoms. The highest BCUT2D eigenvalue weighted by atomic mass is 16.1. The minimum absolute atomic E-state index is 0.409. The van der Waals surface area contributed by atoms with E-state index in [1.54, 1.807) is 18.2 Å². The van der Waals surface area contributed by atoms with E-state index in [0.717, 1.165) is 24.7 Å². The molecule has 0 unspecified atom stereocenters. The molecule has 1 aliphatic carbocycles. The predicted octanol–water partition coefficient (Wildman–Crippen LogP) is 1.60. The number of hydrogen-bond donors (Lipinski definition) is 2. The number of amides is 1. The Morgan fingerprint density at radius 2 is 2.18 bits per heavy atom. The molecule has 0 atom stereocenters. The Morgan fingerprint density at radius 3 is 2.71 bits per heavy atom. The highest BCUT2D eigenvalue weighted by Gasteiger charge is 2.24. The Labute approximate surface area is 102 Å². The van der Waals surface area contributed by atoms with Crippen LogP contribution in [0.3, 0.4) is 0 Å². The van der Waals surface area contributed by atoms with Crippen molar-refractivity contribution in [2.75, 3.05) is 23.7 Å². The molecule has 1 aliphatic rings. The van der Waals surface area contributed by atoms with E-state index < -0.39 is 5.91 Å². The Kier molecular flexibility index (Phi) is 3.22. The van der Waals surface area contributed by atoms with Gasteiger partial charge in [-0.1, -0.05) is 0 Å². The molecule has 1 fully saturated rings. The maximum absolute atomic E-state index is 11.2. The fraction of sp³-hybridized carbons (Fsp3) is 0.462. The van der Waals surface area contributed by atoms with Crippen molar-refractivity contribution >= 4 is 17.3 Å². The van der Waals surface area contributed by atoms with Crippen LogP contribution < -0.4 is 16.4 Å². The Morgan fingerprint density at radius 1 is 1.47 bits per heavy atom. The van der Waals surface area contributed by atoms with Crippen molar-refractivity contribution in [1.29, 1.82) is 0 Å². The number of primary amides is 1. The molecular weight excluding hydrogens is 214 g/mol. The lowest BCUT2D eigenvalue weighted by Gasteiger charge is -2.25. The molecule has 0 spiro atoms. The van der Waals surface area contributed by atoms with Gasteiger partial charge in [0, 0.05) is 18.7 Å². The predicted molar refractivity (Wildman–Crippen MR) is 70.0 cm³/mol. The Bertz CT molecular complexity index is 427. The monoisotopic (exact) mass is 233 g/mol. The molecule has 0 aromatic heterocycles. The van der Waals surface area contributed by atoms with Crippen molar-refractivity contribution in [2.24, 2.45) is 11.7 Å². The van der Waals surface area contributed by atoms with E-state index in [4.69, 9.17) is 11.5 Å². The largest absolute Gasteiger partial charge is 0.397 e. The van der Waals surface area contributed by atoms with Crippen molar-refractivity contribution < 1.29 is 4.79 Å².